The number of nitrogens with zero attached hydrogens (tertiary/aromatic N) is 1. The number of imide groups is 1. The van der Waals surface area contributed by atoms with Crippen LogP contribution in [-0.2, 0) is 17.8 Å². The van der Waals surface area contributed by atoms with Crippen molar-refractivity contribution in [2.45, 2.75) is 19.9 Å². The first-order valence-electron chi connectivity index (χ1n) is 9.13. The van der Waals surface area contributed by atoms with Crippen LogP contribution in [-0.4, -0.2) is 30.3 Å². The van der Waals surface area contributed by atoms with Crippen molar-refractivity contribution in [1.82, 2.24) is 4.90 Å². The first-order chi connectivity index (χ1) is 14.0. The Morgan fingerprint density at radius 3 is 2.59 bits per heavy atom. The molecule has 1 fully saturated rings. The van der Waals surface area contributed by atoms with Crippen molar-refractivity contribution in [1.29, 1.82) is 0 Å². The molecule has 0 radical (unpaired) electrons. The zero-order chi connectivity index (χ0) is 21.0. The summed E-state index contributed by atoms with van der Waals surface area (Å²) in [7, 11) is 3.15. The molecular formula is C23H23NO4S. The molecule has 2 aromatic rings. The van der Waals surface area contributed by atoms with Gasteiger partial charge in [-0.1, -0.05) is 35.9 Å². The maximum atomic E-state index is 12.8. The molecule has 1 aliphatic heterocycles. The second kappa shape index (κ2) is 9.01. The largest absolute Gasteiger partial charge is 0.493 e. The molecule has 1 heterocycles. The van der Waals surface area contributed by atoms with E-state index >= 15 is 0 Å². The lowest BCUT2D eigenvalue weighted by atomic mass is 10.0. The SMILES string of the molecule is C=CCc1cc(/C=C2\SC(=O)N(Cc3cccc(C)c3)C2=O)cc(OC)c1OC. The monoisotopic (exact) mass is 409 g/mol. The third-order valence-electron chi connectivity index (χ3n) is 4.54. The molecule has 0 aliphatic carbocycles. The third-order valence-corrected chi connectivity index (χ3v) is 5.44. The molecule has 0 aromatic heterocycles. The van der Waals surface area contributed by atoms with Crippen molar-refractivity contribution in [2.24, 2.45) is 0 Å². The van der Waals surface area contributed by atoms with Gasteiger partial charge < -0.3 is 9.47 Å². The predicted molar refractivity (Wildman–Crippen MR) is 116 cm³/mol. The Labute approximate surface area is 175 Å². The van der Waals surface area contributed by atoms with E-state index in [1.54, 1.807) is 32.4 Å². The first kappa shape index (κ1) is 20.7. The summed E-state index contributed by atoms with van der Waals surface area (Å²) < 4.78 is 10.9. The van der Waals surface area contributed by atoms with E-state index in [0.29, 0.717) is 22.8 Å². The van der Waals surface area contributed by atoms with Crippen LogP contribution in [0.4, 0.5) is 4.79 Å². The Kier molecular flexibility index (Phi) is 6.44. The van der Waals surface area contributed by atoms with Crippen LogP contribution in [0.1, 0.15) is 22.3 Å². The normalized spacial score (nSPS) is 15.1. The first-order valence-corrected chi connectivity index (χ1v) is 9.95. The molecule has 2 amide bonds. The summed E-state index contributed by atoms with van der Waals surface area (Å²) in [6.45, 7) is 6.02. The summed E-state index contributed by atoms with van der Waals surface area (Å²) in [4.78, 5) is 26.9. The van der Waals surface area contributed by atoms with E-state index in [9.17, 15) is 9.59 Å². The van der Waals surface area contributed by atoms with Gasteiger partial charge in [0.05, 0.1) is 25.7 Å². The van der Waals surface area contributed by atoms with Gasteiger partial charge in [-0.25, -0.2) is 0 Å². The second-order valence-corrected chi connectivity index (χ2v) is 7.66. The minimum Gasteiger partial charge on any atom is -0.493 e. The van der Waals surface area contributed by atoms with E-state index < -0.39 is 0 Å². The smallest absolute Gasteiger partial charge is 0.293 e. The van der Waals surface area contributed by atoms with Crippen LogP contribution >= 0.6 is 11.8 Å². The molecule has 5 nitrogen and oxygen atoms in total. The van der Waals surface area contributed by atoms with E-state index in [4.69, 9.17) is 9.47 Å². The average molecular weight is 410 g/mol. The number of amides is 2. The molecule has 0 unspecified atom stereocenters. The number of aryl methyl sites for hydroxylation is 1. The highest BCUT2D eigenvalue weighted by Crippen LogP contribution is 2.37. The maximum absolute atomic E-state index is 12.8. The van der Waals surface area contributed by atoms with Crippen molar-refractivity contribution in [3.63, 3.8) is 0 Å². The fourth-order valence-electron chi connectivity index (χ4n) is 3.24. The fourth-order valence-corrected chi connectivity index (χ4v) is 4.08. The average Bonchev–Trinajstić information content (AvgIpc) is 2.95. The lowest BCUT2D eigenvalue weighted by molar-refractivity contribution is -0.123. The fraction of sp³-hybridized carbons (Fsp3) is 0.217. The number of rotatable bonds is 7. The van der Waals surface area contributed by atoms with Crippen LogP contribution in [0.5, 0.6) is 11.5 Å². The molecule has 3 rings (SSSR count). The Bertz CT molecular complexity index is 996. The van der Waals surface area contributed by atoms with Gasteiger partial charge in [0, 0.05) is 5.56 Å². The number of ether oxygens (including phenoxy) is 2. The Balaban J connectivity index is 1.90. The maximum Gasteiger partial charge on any atom is 0.293 e. The van der Waals surface area contributed by atoms with Crippen LogP contribution in [0.2, 0.25) is 0 Å². The van der Waals surface area contributed by atoms with Gasteiger partial charge in [-0.15, -0.1) is 6.58 Å². The van der Waals surface area contributed by atoms with Gasteiger partial charge in [0.15, 0.2) is 11.5 Å². The van der Waals surface area contributed by atoms with E-state index in [2.05, 4.69) is 6.58 Å². The van der Waals surface area contributed by atoms with E-state index in [-0.39, 0.29) is 17.7 Å². The van der Waals surface area contributed by atoms with Crippen molar-refractivity contribution >= 4 is 29.0 Å². The van der Waals surface area contributed by atoms with Gasteiger partial charge in [0.1, 0.15) is 0 Å². The number of carbonyl (C=O) groups excluding carboxylic acids is 2. The summed E-state index contributed by atoms with van der Waals surface area (Å²) in [5.74, 6) is 0.913. The molecule has 150 valence electrons. The van der Waals surface area contributed by atoms with Crippen LogP contribution in [0.25, 0.3) is 6.08 Å². The van der Waals surface area contributed by atoms with Crippen LogP contribution < -0.4 is 9.47 Å². The van der Waals surface area contributed by atoms with Crippen LogP contribution in [0, 0.1) is 6.92 Å². The number of hydrogen-bond acceptors (Lipinski definition) is 5. The lowest BCUT2D eigenvalue weighted by Gasteiger charge is -2.14. The quantitative estimate of drug-likeness (QED) is 0.477. The molecule has 6 heteroatoms. The molecule has 0 spiro atoms. The third kappa shape index (κ3) is 4.54. The highest BCUT2D eigenvalue weighted by Gasteiger charge is 2.35. The Morgan fingerprint density at radius 1 is 1.14 bits per heavy atom. The summed E-state index contributed by atoms with van der Waals surface area (Å²) in [5, 5.41) is -0.269. The topological polar surface area (TPSA) is 55.8 Å². The van der Waals surface area contributed by atoms with Gasteiger partial charge in [-0.05, 0) is 54.4 Å². The number of hydrogen-bond donors (Lipinski definition) is 0. The van der Waals surface area contributed by atoms with E-state index in [1.807, 2.05) is 37.3 Å². The molecule has 0 bridgehead atoms. The summed E-state index contributed by atoms with van der Waals surface area (Å²) in [6, 6.07) is 11.5. The van der Waals surface area contributed by atoms with Crippen molar-refractivity contribution in [3.8, 4) is 11.5 Å². The lowest BCUT2D eigenvalue weighted by Crippen LogP contribution is -2.27. The van der Waals surface area contributed by atoms with Crippen LogP contribution in [0.15, 0.2) is 54.0 Å². The number of thioether (sulfide) groups is 1. The van der Waals surface area contributed by atoms with Gasteiger partial charge in [0.2, 0.25) is 0 Å². The van der Waals surface area contributed by atoms with E-state index in [0.717, 1.165) is 34.0 Å². The number of methoxy groups -OCH3 is 2. The molecule has 0 saturated carbocycles. The molecule has 1 saturated heterocycles. The van der Waals surface area contributed by atoms with Crippen molar-refractivity contribution in [2.75, 3.05) is 14.2 Å². The number of allylic oxidation sites excluding steroid dienone is 1. The number of benzene rings is 2. The summed E-state index contributed by atoms with van der Waals surface area (Å²) >= 11 is 0.949. The minimum absolute atomic E-state index is 0.261. The van der Waals surface area contributed by atoms with Gasteiger partial charge in [-0.2, -0.15) is 0 Å². The number of carbonyl (C=O) groups is 2. The zero-order valence-corrected chi connectivity index (χ0v) is 17.5. The Morgan fingerprint density at radius 2 is 1.93 bits per heavy atom. The minimum atomic E-state index is -0.290. The molecule has 1 aliphatic rings. The summed E-state index contributed by atoms with van der Waals surface area (Å²) in [6.07, 6.45) is 4.09. The molecule has 2 aromatic carbocycles. The molecule has 0 N–H and O–H groups in total. The van der Waals surface area contributed by atoms with Gasteiger partial charge >= 0.3 is 0 Å². The highest BCUT2D eigenvalue weighted by molar-refractivity contribution is 8.18. The highest BCUT2D eigenvalue weighted by atomic mass is 32.2. The summed E-state index contributed by atoms with van der Waals surface area (Å²) in [5.41, 5.74) is 3.67. The van der Waals surface area contributed by atoms with Gasteiger partial charge in [-0.3, -0.25) is 14.5 Å². The van der Waals surface area contributed by atoms with Crippen molar-refractivity contribution < 1.29 is 19.1 Å². The zero-order valence-electron chi connectivity index (χ0n) is 16.7. The van der Waals surface area contributed by atoms with Crippen LogP contribution in [0.3, 0.4) is 0 Å². The predicted octanol–water partition coefficient (Wildman–Crippen LogP) is 4.98. The molecule has 0 atom stereocenters. The Hall–Kier alpha value is -2.99. The second-order valence-electron chi connectivity index (χ2n) is 6.67. The molecule has 29 heavy (non-hydrogen) atoms. The van der Waals surface area contributed by atoms with Gasteiger partial charge in [0.25, 0.3) is 11.1 Å². The molecular weight excluding hydrogens is 386 g/mol. The standard InChI is InChI=1S/C23H23NO4S/c1-5-7-18-11-17(12-19(27-3)21(18)28-4)13-20-22(25)24(23(26)29-20)14-16-9-6-8-15(2)10-16/h5-6,8-13H,1,7,14H2,2-4H3/b20-13-. The van der Waals surface area contributed by atoms with Crippen molar-refractivity contribution in [3.05, 3.63) is 76.2 Å². The van der Waals surface area contributed by atoms with E-state index in [1.165, 1.54) is 4.90 Å².